The first-order valence-corrected chi connectivity index (χ1v) is 12.9. The first-order valence-electron chi connectivity index (χ1n) is 12.1. The van der Waals surface area contributed by atoms with Gasteiger partial charge >= 0.3 is 18.2 Å². The summed E-state index contributed by atoms with van der Waals surface area (Å²) in [6, 6.07) is -0.837. The van der Waals surface area contributed by atoms with Crippen molar-refractivity contribution in [2.75, 3.05) is 33.4 Å². The largest absolute Gasteiger partial charge is 0.468 e. The highest BCUT2D eigenvalue weighted by Crippen LogP contribution is 2.17. The van der Waals surface area contributed by atoms with Crippen LogP contribution in [0.5, 0.6) is 0 Å². The predicted octanol–water partition coefficient (Wildman–Crippen LogP) is 3.60. The summed E-state index contributed by atoms with van der Waals surface area (Å²) in [6.45, 7) is 14.8. The number of hydrogen-bond acceptors (Lipinski definition) is 9. The first kappa shape index (κ1) is 38.1. The van der Waals surface area contributed by atoms with Crippen molar-refractivity contribution in [2.45, 2.75) is 60.0 Å². The van der Waals surface area contributed by atoms with Crippen molar-refractivity contribution in [3.8, 4) is 0 Å². The average molecular weight is 589 g/mol. The van der Waals surface area contributed by atoms with Gasteiger partial charge in [0.05, 0.1) is 24.2 Å². The van der Waals surface area contributed by atoms with E-state index in [1.165, 1.54) is 29.1 Å². The molecule has 1 saturated heterocycles. The Balaban J connectivity index is 0. The Hall–Kier alpha value is -3.06. The average Bonchev–Trinajstić information content (AvgIpc) is 2.84. The molecule has 0 saturated carbocycles. The van der Waals surface area contributed by atoms with Crippen LogP contribution >= 0.6 is 24.4 Å². The molecule has 3 amide bonds. The fourth-order valence-electron chi connectivity index (χ4n) is 3.31. The molecule has 0 radical (unpaired) electrons. The Morgan fingerprint density at radius 3 is 2.18 bits per heavy atom. The van der Waals surface area contributed by atoms with Crippen LogP contribution in [0.4, 0.5) is 9.59 Å². The lowest BCUT2D eigenvalue weighted by Gasteiger charge is -2.35. The quantitative estimate of drug-likeness (QED) is 0.150. The van der Waals surface area contributed by atoms with Gasteiger partial charge in [0.25, 0.3) is 0 Å². The Bertz CT molecular complexity index is 880. The summed E-state index contributed by atoms with van der Waals surface area (Å²) in [6.07, 6.45) is 2.95. The number of rotatable bonds is 12. The number of esters is 1. The minimum absolute atomic E-state index is 0. The zero-order valence-electron chi connectivity index (χ0n) is 22.8. The molecule has 1 heterocycles. The van der Waals surface area contributed by atoms with Crippen LogP contribution in [-0.4, -0.2) is 89.3 Å². The number of nitrogens with one attached hydrogen (secondary N) is 1. The molecule has 0 aromatic carbocycles. The molecule has 0 aromatic rings. The fraction of sp³-hybridized carbons (Fsp3) is 0.615. The summed E-state index contributed by atoms with van der Waals surface area (Å²) in [5, 5.41) is 2.60. The third kappa shape index (κ3) is 14.6. The summed E-state index contributed by atoms with van der Waals surface area (Å²) in [5.74, 6) is -0.243. The van der Waals surface area contributed by atoms with Gasteiger partial charge < -0.3 is 25.3 Å². The number of amides is 3. The Labute approximate surface area is 243 Å². The van der Waals surface area contributed by atoms with Crippen molar-refractivity contribution in [1.82, 2.24) is 15.1 Å². The van der Waals surface area contributed by atoms with Crippen molar-refractivity contribution < 1.29 is 33.4 Å². The highest BCUT2D eigenvalue weighted by atomic mass is 32.1. The van der Waals surface area contributed by atoms with Gasteiger partial charge in [-0.05, 0) is 24.7 Å². The fourth-order valence-corrected chi connectivity index (χ4v) is 3.88. The van der Waals surface area contributed by atoms with Gasteiger partial charge in [-0.2, -0.15) is 0 Å². The summed E-state index contributed by atoms with van der Waals surface area (Å²) < 4.78 is 14.5. The number of methoxy groups -OCH3 is 1. The molecule has 1 fully saturated rings. The molecule has 11 nitrogen and oxygen atoms in total. The monoisotopic (exact) mass is 588 g/mol. The number of piperazine rings is 1. The maximum atomic E-state index is 12.0. The van der Waals surface area contributed by atoms with Gasteiger partial charge in [-0.15, -0.1) is 0 Å². The van der Waals surface area contributed by atoms with Gasteiger partial charge in [0, 0.05) is 0 Å². The first-order chi connectivity index (χ1) is 17.8. The number of carbonyl (C=O) groups excluding carboxylic acids is 4. The molecular formula is C26H44N4O7S2. The van der Waals surface area contributed by atoms with E-state index >= 15 is 0 Å². The minimum Gasteiger partial charge on any atom is -0.468 e. The Morgan fingerprint density at radius 2 is 1.72 bits per heavy atom. The van der Waals surface area contributed by atoms with E-state index < -0.39 is 24.2 Å². The smallest absolute Gasteiger partial charge is 0.411 e. The summed E-state index contributed by atoms with van der Waals surface area (Å²) in [4.78, 5) is 49.8. The molecule has 0 bridgehead atoms. The van der Waals surface area contributed by atoms with Crippen LogP contribution in [-0.2, 0) is 23.8 Å². The number of hydrogen-bond donors (Lipinski definition) is 2. The van der Waals surface area contributed by atoms with E-state index in [4.69, 9.17) is 39.6 Å². The molecule has 1 rings (SSSR count). The SMILES string of the molecule is C.C=CCOC(=O)N(CC(=O)OC)[C@@H](CC(C)C)C(N)=S.C=CCOC(=O)N1CC(=O)NC(=S)[C@@H]1CC(C)C. The van der Waals surface area contributed by atoms with E-state index in [2.05, 4.69) is 23.2 Å². The molecule has 0 spiro atoms. The van der Waals surface area contributed by atoms with Crippen molar-refractivity contribution in [1.29, 1.82) is 0 Å². The summed E-state index contributed by atoms with van der Waals surface area (Å²) >= 11 is 10.1. The van der Waals surface area contributed by atoms with E-state index in [-0.39, 0.29) is 56.6 Å². The maximum Gasteiger partial charge on any atom is 0.411 e. The number of ether oxygens (including phenoxy) is 3. The van der Waals surface area contributed by atoms with Crippen LogP contribution in [0, 0.1) is 11.8 Å². The minimum atomic E-state index is -0.672. The van der Waals surface area contributed by atoms with Gasteiger partial charge in [0.2, 0.25) is 5.91 Å². The van der Waals surface area contributed by atoms with Crippen LogP contribution in [0.1, 0.15) is 48.0 Å². The van der Waals surface area contributed by atoms with Gasteiger partial charge in [-0.25, -0.2) is 9.59 Å². The van der Waals surface area contributed by atoms with Gasteiger partial charge in [-0.3, -0.25) is 19.4 Å². The van der Waals surface area contributed by atoms with Crippen molar-refractivity contribution >= 4 is 58.5 Å². The second-order valence-electron chi connectivity index (χ2n) is 9.17. The molecular weight excluding hydrogens is 544 g/mol. The molecule has 0 aliphatic carbocycles. The molecule has 3 N–H and O–H groups in total. The van der Waals surface area contributed by atoms with E-state index in [1.54, 1.807) is 0 Å². The van der Waals surface area contributed by atoms with E-state index in [0.717, 1.165) is 0 Å². The molecule has 0 unspecified atom stereocenters. The molecule has 0 aromatic heterocycles. The highest BCUT2D eigenvalue weighted by Gasteiger charge is 2.35. The second kappa shape index (κ2) is 19.9. The summed E-state index contributed by atoms with van der Waals surface area (Å²) in [7, 11) is 1.24. The number of thiocarbonyl (C=S) groups is 2. The lowest BCUT2D eigenvalue weighted by atomic mass is 10.0. The van der Waals surface area contributed by atoms with Gasteiger partial charge in [-0.1, -0.05) is 84.9 Å². The number of nitrogens with two attached hydrogens (primary N) is 1. The van der Waals surface area contributed by atoms with Crippen LogP contribution in [0.25, 0.3) is 0 Å². The highest BCUT2D eigenvalue weighted by molar-refractivity contribution is 7.80. The number of nitrogens with zero attached hydrogens (tertiary/aromatic N) is 2. The van der Waals surface area contributed by atoms with E-state index in [0.29, 0.717) is 23.7 Å². The van der Waals surface area contributed by atoms with Gasteiger partial charge in [0.1, 0.15) is 31.3 Å². The van der Waals surface area contributed by atoms with Crippen molar-refractivity contribution in [3.63, 3.8) is 0 Å². The van der Waals surface area contributed by atoms with Crippen LogP contribution < -0.4 is 11.1 Å². The number of carbonyl (C=O) groups is 4. The van der Waals surface area contributed by atoms with Gasteiger partial charge in [0.15, 0.2) is 0 Å². The Morgan fingerprint density at radius 1 is 1.15 bits per heavy atom. The molecule has 222 valence electrons. The van der Waals surface area contributed by atoms with Crippen LogP contribution in [0.2, 0.25) is 0 Å². The lowest BCUT2D eigenvalue weighted by Crippen LogP contribution is -2.59. The van der Waals surface area contributed by atoms with Crippen molar-refractivity contribution in [2.24, 2.45) is 17.6 Å². The third-order valence-corrected chi connectivity index (χ3v) is 5.64. The van der Waals surface area contributed by atoms with Crippen LogP contribution in [0.3, 0.4) is 0 Å². The van der Waals surface area contributed by atoms with E-state index in [9.17, 15) is 19.2 Å². The maximum absolute atomic E-state index is 12.0. The molecule has 13 heteroatoms. The molecule has 39 heavy (non-hydrogen) atoms. The topological polar surface area (TPSA) is 140 Å². The third-order valence-electron chi connectivity index (χ3n) is 4.99. The standard InChI is InChI=1S/C13H22N2O4S.C12H18N2O3S.CH4/c1-5-6-19-13(17)15(8-11(16)18-4)10(12(14)20)7-9(2)3;1-4-5-17-12(16)14-7-10(15)13-11(18)9(14)6-8(2)3;/h5,9-10H,1,6-8H2,2-4H3,(H2,14,20);4,8-9H,1,5-7H2,2-3H3,(H,13,15,18);1H4/t10-;9-;/m00./s1. The molecule has 1 aliphatic rings. The van der Waals surface area contributed by atoms with Crippen molar-refractivity contribution in [3.05, 3.63) is 25.3 Å². The zero-order chi connectivity index (χ0) is 29.4. The molecule has 2 atom stereocenters. The predicted molar refractivity (Wildman–Crippen MR) is 159 cm³/mol. The zero-order valence-corrected chi connectivity index (χ0v) is 24.4. The Kier molecular flexibility index (Phi) is 19.5. The second-order valence-corrected chi connectivity index (χ2v) is 10.1. The van der Waals surface area contributed by atoms with Crippen LogP contribution in [0.15, 0.2) is 25.3 Å². The normalized spacial score (nSPS) is 15.1. The lowest BCUT2D eigenvalue weighted by molar-refractivity contribution is -0.141. The molecule has 1 aliphatic heterocycles. The van der Waals surface area contributed by atoms with E-state index in [1.807, 2.05) is 27.7 Å². The summed E-state index contributed by atoms with van der Waals surface area (Å²) in [5.41, 5.74) is 5.68.